The van der Waals surface area contributed by atoms with Crippen molar-refractivity contribution in [1.82, 2.24) is 4.57 Å². The molecule has 7 nitrogen and oxygen atoms in total. The molecule has 4 rings (SSSR count). The van der Waals surface area contributed by atoms with Gasteiger partial charge in [0.2, 0.25) is 5.82 Å². The highest BCUT2D eigenvalue weighted by Gasteiger charge is 2.17. The Morgan fingerprint density at radius 3 is 2.38 bits per heavy atom. The van der Waals surface area contributed by atoms with Crippen molar-refractivity contribution in [3.05, 3.63) is 89.6 Å². The molecule has 1 heterocycles. The Kier molecular flexibility index (Phi) is 10.6. The third-order valence-corrected chi connectivity index (χ3v) is 7.73. The topological polar surface area (TPSA) is 98.0 Å². The van der Waals surface area contributed by atoms with Gasteiger partial charge in [-0.05, 0) is 48.2 Å². The molecule has 0 saturated heterocycles. The molecule has 0 amide bonds. The Morgan fingerprint density at radius 2 is 1.67 bits per heavy atom. The maximum atomic E-state index is 13.6. The molecule has 0 aliphatic rings. The number of unbranched alkanes of at least 4 members (excludes halogenated alkanes) is 1. The van der Waals surface area contributed by atoms with Gasteiger partial charge in [-0.1, -0.05) is 55.5 Å². The lowest BCUT2D eigenvalue weighted by molar-refractivity contribution is -0.140. The largest absolute Gasteiger partial charge is 0.494 e. The monoisotopic (exact) mass is 595 g/mol. The number of hydrogen-bond donors (Lipinski definition) is 2. The van der Waals surface area contributed by atoms with E-state index in [-0.39, 0.29) is 18.9 Å². The van der Waals surface area contributed by atoms with E-state index in [0.717, 1.165) is 33.0 Å². The molecule has 1 aromatic heterocycles. The second kappa shape index (κ2) is 14.5. The number of fused-ring (bicyclic) bond motifs is 1. The van der Waals surface area contributed by atoms with Crippen molar-refractivity contribution in [2.24, 2.45) is 5.92 Å². The van der Waals surface area contributed by atoms with Crippen molar-refractivity contribution < 1.29 is 38.1 Å². The van der Waals surface area contributed by atoms with Crippen LogP contribution < -0.4 is 9.47 Å². The summed E-state index contributed by atoms with van der Waals surface area (Å²) < 4.78 is 39.6. The van der Waals surface area contributed by atoms with Crippen LogP contribution in [0.4, 0.5) is 8.78 Å². The van der Waals surface area contributed by atoms with Gasteiger partial charge < -0.3 is 24.3 Å². The highest BCUT2D eigenvalue weighted by atomic mass is 32.2. The molecule has 1 atom stereocenters. The molecule has 3 aromatic carbocycles. The number of halogens is 2. The van der Waals surface area contributed by atoms with Crippen LogP contribution in [-0.2, 0) is 16.1 Å². The number of aliphatic carboxylic acids is 2. The number of aromatic nitrogens is 1. The quantitative estimate of drug-likeness (QED) is 0.0850. The summed E-state index contributed by atoms with van der Waals surface area (Å²) >= 11 is 1.40. The number of thioether (sulfide) groups is 1. The lowest BCUT2D eigenvalue weighted by Crippen LogP contribution is -2.11. The van der Waals surface area contributed by atoms with Gasteiger partial charge in [0.1, 0.15) is 12.3 Å². The van der Waals surface area contributed by atoms with Crippen LogP contribution in [0.25, 0.3) is 23.1 Å². The van der Waals surface area contributed by atoms with Crippen molar-refractivity contribution >= 4 is 46.8 Å². The fraction of sp³-hybridized carbons (Fsp3) is 0.250. The Morgan fingerprint density at radius 1 is 0.952 bits per heavy atom. The lowest BCUT2D eigenvalue weighted by atomic mass is 10.1. The summed E-state index contributed by atoms with van der Waals surface area (Å²) in [6, 6.07) is 17.1. The molecule has 4 aromatic rings. The van der Waals surface area contributed by atoms with Crippen LogP contribution >= 0.6 is 11.8 Å². The molecule has 1 unspecified atom stereocenters. The van der Waals surface area contributed by atoms with Crippen molar-refractivity contribution in [2.45, 2.75) is 31.2 Å². The molecule has 0 spiro atoms. The van der Waals surface area contributed by atoms with Crippen LogP contribution in [0.3, 0.4) is 0 Å². The van der Waals surface area contributed by atoms with E-state index in [0.29, 0.717) is 31.0 Å². The van der Waals surface area contributed by atoms with Gasteiger partial charge in [0.25, 0.3) is 0 Å². The van der Waals surface area contributed by atoms with Gasteiger partial charge in [0.05, 0.1) is 24.6 Å². The van der Waals surface area contributed by atoms with Crippen molar-refractivity contribution in [1.29, 1.82) is 0 Å². The number of carbonyl (C=O) groups is 2. The maximum Gasteiger partial charge on any atom is 0.323 e. The molecule has 0 bridgehead atoms. The van der Waals surface area contributed by atoms with Gasteiger partial charge in [-0.2, -0.15) is 4.39 Å². The van der Waals surface area contributed by atoms with Crippen LogP contribution in [0.15, 0.2) is 71.8 Å². The van der Waals surface area contributed by atoms with E-state index in [1.807, 2.05) is 54.6 Å². The maximum absolute atomic E-state index is 13.6. The molecular formula is C32H31F2NO6S. The van der Waals surface area contributed by atoms with Gasteiger partial charge in [-0.3, -0.25) is 9.59 Å². The molecule has 0 saturated carbocycles. The van der Waals surface area contributed by atoms with E-state index in [4.69, 9.17) is 9.47 Å². The first-order valence-electron chi connectivity index (χ1n) is 13.4. The minimum absolute atomic E-state index is 0.101. The van der Waals surface area contributed by atoms with E-state index in [1.54, 1.807) is 17.7 Å². The van der Waals surface area contributed by atoms with Crippen LogP contribution in [0.1, 0.15) is 30.9 Å². The molecule has 10 heteroatoms. The number of carboxylic acid groups (broad SMARTS) is 2. The van der Waals surface area contributed by atoms with Gasteiger partial charge in [-0.25, -0.2) is 4.39 Å². The Hall–Kier alpha value is -4.31. The van der Waals surface area contributed by atoms with E-state index >= 15 is 0 Å². The zero-order chi connectivity index (χ0) is 30.1. The average Bonchev–Trinajstić information content (AvgIpc) is 3.32. The van der Waals surface area contributed by atoms with Crippen LogP contribution in [0.2, 0.25) is 0 Å². The lowest BCUT2D eigenvalue weighted by Gasteiger charge is -2.09. The smallest absolute Gasteiger partial charge is 0.323 e. The number of hydrogen-bond acceptors (Lipinski definition) is 5. The van der Waals surface area contributed by atoms with Crippen molar-refractivity contribution in [2.75, 3.05) is 19.0 Å². The number of ether oxygens (including phenoxy) is 2. The number of rotatable bonds is 15. The van der Waals surface area contributed by atoms with Crippen LogP contribution in [0.5, 0.6) is 11.5 Å². The predicted octanol–water partition coefficient (Wildman–Crippen LogP) is 7.23. The van der Waals surface area contributed by atoms with E-state index in [2.05, 4.69) is 0 Å². The number of para-hydroxylation sites is 1. The summed E-state index contributed by atoms with van der Waals surface area (Å²) in [7, 11) is 0. The summed E-state index contributed by atoms with van der Waals surface area (Å²) in [4.78, 5) is 23.6. The first-order valence-corrected chi connectivity index (χ1v) is 14.4. The predicted molar refractivity (Wildman–Crippen MR) is 159 cm³/mol. The normalized spacial score (nSPS) is 12.1. The molecule has 0 aliphatic carbocycles. The van der Waals surface area contributed by atoms with Gasteiger partial charge in [0.15, 0.2) is 11.6 Å². The minimum atomic E-state index is -0.986. The Labute approximate surface area is 246 Å². The second-order valence-corrected chi connectivity index (χ2v) is 10.7. The number of carboxylic acids is 2. The number of nitrogens with zero attached hydrogens (tertiary/aromatic N) is 1. The van der Waals surface area contributed by atoms with E-state index < -0.39 is 29.5 Å². The standard InChI is InChI=1S/C32H31F2NO6S/c1-21(32(38)39)20-42-28-18-35(19-29(36)37)31-23(6-4-7-25(28)31)13-10-22-11-14-24(15-12-22)40-16-2-3-17-41-27-9-5-8-26(33)30(27)34/h4-15,18,21H,2-3,16-17,19-20H2,1H3,(H,36,37)(H,38,39). The summed E-state index contributed by atoms with van der Waals surface area (Å²) in [5.74, 6) is -3.33. The zero-order valence-electron chi connectivity index (χ0n) is 23.0. The second-order valence-electron chi connectivity index (χ2n) is 9.67. The summed E-state index contributed by atoms with van der Waals surface area (Å²) in [5, 5.41) is 19.5. The molecule has 0 aliphatic heterocycles. The van der Waals surface area contributed by atoms with Crippen LogP contribution in [0, 0.1) is 17.6 Å². The Bertz CT molecular complexity index is 1570. The fourth-order valence-corrected chi connectivity index (χ4v) is 5.29. The molecular weight excluding hydrogens is 564 g/mol. The minimum Gasteiger partial charge on any atom is -0.494 e. The SMILES string of the molecule is CC(CSc1cn(CC(=O)O)c2c(C=Cc3ccc(OCCCCOc4cccc(F)c4F)cc3)cccc12)C(=O)O. The molecule has 0 radical (unpaired) electrons. The summed E-state index contributed by atoms with van der Waals surface area (Å²) in [6.45, 7) is 2.12. The highest BCUT2D eigenvalue weighted by molar-refractivity contribution is 7.99. The van der Waals surface area contributed by atoms with Crippen molar-refractivity contribution in [3.8, 4) is 11.5 Å². The average molecular weight is 596 g/mol. The van der Waals surface area contributed by atoms with Crippen LogP contribution in [-0.4, -0.2) is 45.7 Å². The van der Waals surface area contributed by atoms with Gasteiger partial charge in [-0.15, -0.1) is 11.8 Å². The first-order chi connectivity index (χ1) is 20.2. The third-order valence-electron chi connectivity index (χ3n) is 6.43. The van der Waals surface area contributed by atoms with Gasteiger partial charge in [0, 0.05) is 22.2 Å². The molecule has 220 valence electrons. The highest BCUT2D eigenvalue weighted by Crippen LogP contribution is 2.34. The molecule has 42 heavy (non-hydrogen) atoms. The molecule has 0 fully saturated rings. The zero-order valence-corrected chi connectivity index (χ0v) is 23.8. The Balaban J connectivity index is 1.35. The third kappa shape index (κ3) is 8.13. The summed E-state index contributed by atoms with van der Waals surface area (Å²) in [6.07, 6.45) is 6.91. The van der Waals surface area contributed by atoms with Gasteiger partial charge >= 0.3 is 11.9 Å². The van der Waals surface area contributed by atoms with E-state index in [1.165, 1.54) is 23.9 Å². The first kappa shape index (κ1) is 30.6. The van der Waals surface area contributed by atoms with Crippen molar-refractivity contribution in [3.63, 3.8) is 0 Å². The molecule has 2 N–H and O–H groups in total. The fourth-order valence-electron chi connectivity index (χ4n) is 4.20. The summed E-state index contributed by atoms with van der Waals surface area (Å²) in [5.41, 5.74) is 2.53. The number of benzene rings is 3. The van der Waals surface area contributed by atoms with E-state index in [9.17, 15) is 28.6 Å².